The first kappa shape index (κ1) is 14.8. The van der Waals surface area contributed by atoms with Crippen molar-refractivity contribution in [2.45, 2.75) is 32.3 Å². The highest BCUT2D eigenvalue weighted by atomic mass is 16.3. The Morgan fingerprint density at radius 1 is 1.18 bits per heavy atom. The van der Waals surface area contributed by atoms with E-state index in [4.69, 9.17) is 0 Å². The molecule has 2 atom stereocenters. The van der Waals surface area contributed by atoms with Gasteiger partial charge in [-0.1, -0.05) is 42.8 Å². The predicted molar refractivity (Wildman–Crippen MR) is 88.1 cm³/mol. The van der Waals surface area contributed by atoms with Gasteiger partial charge in [-0.25, -0.2) is 0 Å². The highest BCUT2D eigenvalue weighted by Crippen LogP contribution is 2.40. The summed E-state index contributed by atoms with van der Waals surface area (Å²) in [6, 6.07) is 13.7. The highest BCUT2D eigenvalue weighted by Gasteiger charge is 2.34. The second-order valence-corrected chi connectivity index (χ2v) is 5.99. The molecule has 114 valence electrons. The number of anilines is 1. The topological polar surface area (TPSA) is 40.5 Å². The Morgan fingerprint density at radius 3 is 2.59 bits per heavy atom. The van der Waals surface area contributed by atoms with E-state index in [1.807, 2.05) is 63.4 Å². The Balaban J connectivity index is 2.01. The maximum atomic E-state index is 12.3. The average molecular weight is 295 g/mol. The maximum Gasteiger partial charge on any atom is 0.234 e. The molecule has 3 rings (SSSR count). The molecule has 2 aromatic rings. The number of aliphatic hydroxyl groups excluding tert-OH is 1. The van der Waals surface area contributed by atoms with E-state index < -0.39 is 6.10 Å². The molecule has 0 radical (unpaired) electrons. The van der Waals surface area contributed by atoms with Crippen LogP contribution in [0.3, 0.4) is 0 Å². The number of hydrogen-bond acceptors (Lipinski definition) is 2. The Labute approximate surface area is 131 Å². The van der Waals surface area contributed by atoms with Crippen molar-refractivity contribution in [3.05, 3.63) is 64.7 Å². The fourth-order valence-electron chi connectivity index (χ4n) is 3.24. The van der Waals surface area contributed by atoms with Crippen molar-refractivity contribution in [2.24, 2.45) is 0 Å². The van der Waals surface area contributed by atoms with Crippen molar-refractivity contribution in [3.63, 3.8) is 0 Å². The predicted octanol–water partition coefficient (Wildman–Crippen LogP) is 3.55. The van der Waals surface area contributed by atoms with E-state index in [0.29, 0.717) is 0 Å². The van der Waals surface area contributed by atoms with Gasteiger partial charge in [0.15, 0.2) is 0 Å². The largest absolute Gasteiger partial charge is 0.384 e. The van der Waals surface area contributed by atoms with Gasteiger partial charge in [-0.2, -0.15) is 0 Å². The number of benzene rings is 2. The second-order valence-electron chi connectivity index (χ2n) is 5.99. The molecule has 2 aromatic carbocycles. The van der Waals surface area contributed by atoms with Gasteiger partial charge in [0.25, 0.3) is 0 Å². The van der Waals surface area contributed by atoms with Crippen molar-refractivity contribution in [1.29, 1.82) is 0 Å². The number of aryl methyl sites for hydroxylation is 1. The van der Waals surface area contributed by atoms with Crippen LogP contribution in [0.4, 0.5) is 5.69 Å². The molecule has 1 aliphatic heterocycles. The summed E-state index contributed by atoms with van der Waals surface area (Å²) in [5.74, 6) is 0.0457. The molecule has 0 aromatic heterocycles. The molecule has 1 aliphatic rings. The van der Waals surface area contributed by atoms with Gasteiger partial charge in [0.1, 0.15) is 6.10 Å². The molecule has 0 saturated heterocycles. The second kappa shape index (κ2) is 5.58. The molecule has 1 amide bonds. The molecule has 0 aliphatic carbocycles. The number of carbonyl (C=O) groups is 1. The molecule has 0 fully saturated rings. The van der Waals surface area contributed by atoms with Crippen LogP contribution in [0.1, 0.15) is 47.6 Å². The lowest BCUT2D eigenvalue weighted by molar-refractivity contribution is -0.119. The van der Waals surface area contributed by atoms with Gasteiger partial charge in [-0.15, -0.1) is 0 Å². The van der Waals surface area contributed by atoms with Crippen LogP contribution in [0.15, 0.2) is 42.5 Å². The molecule has 0 saturated carbocycles. The molecule has 1 heterocycles. The zero-order valence-corrected chi connectivity index (χ0v) is 13.2. The monoisotopic (exact) mass is 295 g/mol. The number of likely N-dealkylation sites (N-methyl/N-ethyl adjacent to an activating group) is 1. The fourth-order valence-corrected chi connectivity index (χ4v) is 3.24. The van der Waals surface area contributed by atoms with Crippen LogP contribution in [-0.2, 0) is 4.79 Å². The van der Waals surface area contributed by atoms with E-state index in [1.54, 1.807) is 4.90 Å². The van der Waals surface area contributed by atoms with Gasteiger partial charge < -0.3 is 10.0 Å². The first-order valence-electron chi connectivity index (χ1n) is 7.69. The van der Waals surface area contributed by atoms with Crippen LogP contribution in [0.5, 0.6) is 0 Å². The van der Waals surface area contributed by atoms with Crippen molar-refractivity contribution in [2.75, 3.05) is 11.9 Å². The third kappa shape index (κ3) is 2.32. The smallest absolute Gasteiger partial charge is 0.234 e. The third-order valence-electron chi connectivity index (χ3n) is 4.50. The fraction of sp³-hybridized carbons (Fsp3) is 0.316. The minimum absolute atomic E-state index is 0.0929. The summed E-state index contributed by atoms with van der Waals surface area (Å²) in [6.45, 7) is 4.04. The molecule has 2 unspecified atom stereocenters. The Kier molecular flexibility index (Phi) is 3.75. The number of amides is 1. The first-order chi connectivity index (χ1) is 10.5. The molecule has 3 heteroatoms. The summed E-state index contributed by atoms with van der Waals surface area (Å²) in [6.07, 6.45) is 0.115. The number of rotatable bonds is 3. The lowest BCUT2D eigenvalue weighted by Gasteiger charge is -2.15. The zero-order valence-electron chi connectivity index (χ0n) is 13.2. The molecule has 3 nitrogen and oxygen atoms in total. The number of aliphatic hydroxyl groups is 1. The molecular formula is C19H21NO2. The zero-order chi connectivity index (χ0) is 15.9. The van der Waals surface area contributed by atoms with E-state index in [1.165, 1.54) is 0 Å². The van der Waals surface area contributed by atoms with Crippen molar-refractivity contribution in [1.82, 2.24) is 0 Å². The summed E-state index contributed by atoms with van der Waals surface area (Å²) in [5.41, 5.74) is 4.83. The molecule has 0 spiro atoms. The summed E-state index contributed by atoms with van der Waals surface area (Å²) < 4.78 is 0. The van der Waals surface area contributed by atoms with Gasteiger partial charge in [-0.3, -0.25) is 4.79 Å². The molecule has 1 N–H and O–H groups in total. The first-order valence-corrected chi connectivity index (χ1v) is 7.69. The Morgan fingerprint density at radius 2 is 1.91 bits per heavy atom. The molecular weight excluding hydrogens is 274 g/mol. The third-order valence-corrected chi connectivity index (χ3v) is 4.50. The van der Waals surface area contributed by atoms with E-state index in [-0.39, 0.29) is 11.8 Å². The Hall–Kier alpha value is -2.13. The number of carbonyl (C=O) groups excluding carboxylic acids is 1. The maximum absolute atomic E-state index is 12.3. The SMILES string of the molecule is CCC1C(=O)N(C)c2ccc(C(O)c3cccc(C)c3)cc21. The van der Waals surface area contributed by atoms with E-state index in [2.05, 4.69) is 0 Å². The van der Waals surface area contributed by atoms with Crippen molar-refractivity contribution < 1.29 is 9.90 Å². The van der Waals surface area contributed by atoms with E-state index >= 15 is 0 Å². The van der Waals surface area contributed by atoms with E-state index in [9.17, 15) is 9.90 Å². The van der Waals surface area contributed by atoms with Gasteiger partial charge >= 0.3 is 0 Å². The number of fused-ring (bicyclic) bond motifs is 1. The van der Waals surface area contributed by atoms with Crippen molar-refractivity contribution >= 4 is 11.6 Å². The van der Waals surface area contributed by atoms with Gasteiger partial charge in [0.05, 0.1) is 5.92 Å². The van der Waals surface area contributed by atoms with Crippen LogP contribution in [0, 0.1) is 6.92 Å². The van der Waals surface area contributed by atoms with Gasteiger partial charge in [0.2, 0.25) is 5.91 Å². The van der Waals surface area contributed by atoms with Crippen LogP contribution in [0.2, 0.25) is 0 Å². The summed E-state index contributed by atoms with van der Waals surface area (Å²) in [7, 11) is 1.81. The lowest BCUT2D eigenvalue weighted by Crippen LogP contribution is -2.23. The standard InChI is InChI=1S/C19H21NO2/c1-4-15-16-11-14(8-9-17(16)20(3)19(15)22)18(21)13-7-5-6-12(2)10-13/h5-11,15,18,21H,4H2,1-3H3. The van der Waals surface area contributed by atoms with Crippen LogP contribution in [-0.4, -0.2) is 18.1 Å². The van der Waals surface area contributed by atoms with Crippen LogP contribution < -0.4 is 4.90 Å². The van der Waals surface area contributed by atoms with E-state index in [0.717, 1.165) is 34.4 Å². The van der Waals surface area contributed by atoms with Crippen LogP contribution in [0.25, 0.3) is 0 Å². The molecule has 0 bridgehead atoms. The minimum atomic E-state index is -0.663. The number of nitrogens with zero attached hydrogens (tertiary/aromatic N) is 1. The normalized spacial score (nSPS) is 18.5. The summed E-state index contributed by atoms with van der Waals surface area (Å²) in [5, 5.41) is 10.6. The molecule has 22 heavy (non-hydrogen) atoms. The quantitative estimate of drug-likeness (QED) is 0.940. The van der Waals surface area contributed by atoms with Crippen molar-refractivity contribution in [3.8, 4) is 0 Å². The van der Waals surface area contributed by atoms with Gasteiger partial charge in [-0.05, 0) is 42.2 Å². The average Bonchev–Trinajstić information content (AvgIpc) is 2.77. The highest BCUT2D eigenvalue weighted by molar-refractivity contribution is 6.04. The summed E-state index contributed by atoms with van der Waals surface area (Å²) in [4.78, 5) is 14.0. The Bertz CT molecular complexity index is 723. The van der Waals surface area contributed by atoms with Gasteiger partial charge in [0, 0.05) is 12.7 Å². The summed E-state index contributed by atoms with van der Waals surface area (Å²) >= 11 is 0. The minimum Gasteiger partial charge on any atom is -0.384 e. The lowest BCUT2D eigenvalue weighted by atomic mass is 9.93. The number of hydrogen-bond donors (Lipinski definition) is 1. The van der Waals surface area contributed by atoms with Crippen LogP contribution >= 0.6 is 0 Å².